The van der Waals surface area contributed by atoms with Gasteiger partial charge in [0.1, 0.15) is 0 Å². The van der Waals surface area contributed by atoms with Gasteiger partial charge in [0.15, 0.2) is 5.03 Å². The molecule has 0 bridgehead atoms. The highest BCUT2D eigenvalue weighted by Gasteiger charge is 2.08. The normalized spacial score (nSPS) is 15.5. The van der Waals surface area contributed by atoms with E-state index in [1.54, 1.807) is 26.0 Å². The van der Waals surface area contributed by atoms with E-state index in [9.17, 15) is 4.21 Å². The zero-order chi connectivity index (χ0) is 9.19. The Morgan fingerprint density at radius 1 is 1.50 bits per heavy atom. The second kappa shape index (κ2) is 3.18. The van der Waals surface area contributed by atoms with Crippen molar-refractivity contribution in [3.8, 4) is 0 Å². The number of aryl methyl sites for hydroxylation is 1. The zero-order valence-corrected chi connectivity index (χ0v) is 7.89. The van der Waals surface area contributed by atoms with E-state index in [-0.39, 0.29) is 10.8 Å². The third-order valence-electron chi connectivity index (χ3n) is 1.52. The van der Waals surface area contributed by atoms with Gasteiger partial charge in [-0.2, -0.15) is 5.10 Å². The van der Waals surface area contributed by atoms with Gasteiger partial charge in [-0.15, -0.1) is 5.10 Å². The molecule has 0 radical (unpaired) electrons. The Labute approximate surface area is 72.0 Å². The van der Waals surface area contributed by atoms with E-state index in [2.05, 4.69) is 10.2 Å². The molecule has 0 amide bonds. The summed E-state index contributed by atoms with van der Waals surface area (Å²) in [5, 5.41) is 7.73. The quantitative estimate of drug-likeness (QED) is 0.753. The van der Waals surface area contributed by atoms with Crippen LogP contribution in [0.2, 0.25) is 0 Å². The maximum absolute atomic E-state index is 11.4. The van der Waals surface area contributed by atoms with Crippen molar-refractivity contribution < 1.29 is 4.21 Å². The first-order chi connectivity index (χ1) is 5.56. The fraction of sp³-hybridized carbons (Fsp3) is 0.429. The van der Waals surface area contributed by atoms with Crippen LogP contribution in [0.3, 0.4) is 0 Å². The molecular weight excluding hydrogens is 174 g/mol. The molecule has 1 N–H and O–H groups in total. The Morgan fingerprint density at radius 2 is 2.17 bits per heavy atom. The monoisotopic (exact) mass is 185 g/mol. The average molecular weight is 185 g/mol. The van der Waals surface area contributed by atoms with Crippen LogP contribution in [0.4, 0.5) is 0 Å². The summed E-state index contributed by atoms with van der Waals surface area (Å²) in [5.74, 6) is 0.282. The molecule has 0 spiro atoms. The number of hydrogen-bond acceptors (Lipinski definition) is 4. The molecule has 1 aromatic heterocycles. The highest BCUT2D eigenvalue weighted by molar-refractivity contribution is 7.92. The zero-order valence-electron chi connectivity index (χ0n) is 7.07. The van der Waals surface area contributed by atoms with Crippen molar-refractivity contribution in [2.45, 2.75) is 18.9 Å². The second-order valence-electron chi connectivity index (χ2n) is 2.48. The van der Waals surface area contributed by atoms with Crippen molar-refractivity contribution >= 4 is 9.73 Å². The summed E-state index contributed by atoms with van der Waals surface area (Å²) < 4.78 is 18.8. The molecule has 12 heavy (non-hydrogen) atoms. The lowest BCUT2D eigenvalue weighted by atomic mass is 10.4. The minimum absolute atomic E-state index is 0.274. The summed E-state index contributed by atoms with van der Waals surface area (Å²) in [6.45, 7) is 3.51. The number of aromatic nitrogens is 2. The third kappa shape index (κ3) is 1.79. The molecule has 1 heterocycles. The Morgan fingerprint density at radius 3 is 2.58 bits per heavy atom. The van der Waals surface area contributed by atoms with Crippen LogP contribution in [0.5, 0.6) is 0 Å². The van der Waals surface area contributed by atoms with Crippen molar-refractivity contribution in [3.05, 3.63) is 17.8 Å². The van der Waals surface area contributed by atoms with E-state index in [0.717, 1.165) is 5.69 Å². The molecule has 1 atom stereocenters. The molecule has 1 rings (SSSR count). The highest BCUT2D eigenvalue weighted by atomic mass is 32.2. The first-order valence-electron chi connectivity index (χ1n) is 3.63. The topological polar surface area (TPSA) is 66.7 Å². The fourth-order valence-electron chi connectivity index (χ4n) is 0.710. The predicted molar refractivity (Wildman–Crippen MR) is 46.4 cm³/mol. The Kier molecular flexibility index (Phi) is 2.42. The lowest BCUT2D eigenvalue weighted by Gasteiger charge is -2.01. The summed E-state index contributed by atoms with van der Waals surface area (Å²) in [4.78, 5) is 0. The first-order valence-corrected chi connectivity index (χ1v) is 5.36. The Bertz CT molecular complexity index is 355. The van der Waals surface area contributed by atoms with E-state index in [1.165, 1.54) is 0 Å². The molecule has 1 aromatic rings. The minimum atomic E-state index is -2.69. The lowest BCUT2D eigenvalue weighted by molar-refractivity contribution is 0.669. The number of hydrogen-bond donors (Lipinski definition) is 1. The summed E-state index contributed by atoms with van der Waals surface area (Å²) in [7, 11) is -2.69. The summed E-state index contributed by atoms with van der Waals surface area (Å²) in [5.41, 5.74) is 0.769. The molecule has 0 saturated carbocycles. The van der Waals surface area contributed by atoms with Crippen LogP contribution in [0.15, 0.2) is 17.2 Å². The van der Waals surface area contributed by atoms with Crippen molar-refractivity contribution in [1.29, 1.82) is 4.78 Å². The van der Waals surface area contributed by atoms with Crippen LogP contribution in [0.1, 0.15) is 12.6 Å². The Balaban J connectivity index is 3.14. The SMILES string of the molecule is CCS(=N)(=O)c1ccc(C)nn1. The minimum Gasteiger partial charge on any atom is -0.248 e. The van der Waals surface area contributed by atoms with Gasteiger partial charge in [0, 0.05) is 5.75 Å². The maximum Gasteiger partial charge on any atom is 0.158 e. The molecule has 1 unspecified atom stereocenters. The van der Waals surface area contributed by atoms with E-state index >= 15 is 0 Å². The van der Waals surface area contributed by atoms with Crippen LogP contribution < -0.4 is 0 Å². The van der Waals surface area contributed by atoms with Gasteiger partial charge >= 0.3 is 0 Å². The van der Waals surface area contributed by atoms with Gasteiger partial charge in [-0.05, 0) is 19.1 Å². The Hall–Kier alpha value is -0.970. The van der Waals surface area contributed by atoms with Crippen molar-refractivity contribution in [1.82, 2.24) is 10.2 Å². The molecule has 0 aliphatic heterocycles. The molecule has 0 aliphatic rings. The van der Waals surface area contributed by atoms with E-state index in [4.69, 9.17) is 4.78 Å². The third-order valence-corrected chi connectivity index (χ3v) is 3.22. The summed E-state index contributed by atoms with van der Waals surface area (Å²) in [6, 6.07) is 3.31. The van der Waals surface area contributed by atoms with Gasteiger partial charge in [-0.3, -0.25) is 0 Å². The molecule has 5 heteroatoms. The van der Waals surface area contributed by atoms with Crippen LogP contribution >= 0.6 is 0 Å². The maximum atomic E-state index is 11.4. The largest absolute Gasteiger partial charge is 0.248 e. The molecule has 0 aromatic carbocycles. The van der Waals surface area contributed by atoms with E-state index < -0.39 is 9.73 Å². The van der Waals surface area contributed by atoms with Crippen LogP contribution in [-0.4, -0.2) is 20.2 Å². The molecule has 4 nitrogen and oxygen atoms in total. The molecule has 0 aliphatic carbocycles. The predicted octanol–water partition coefficient (Wildman–Crippen LogP) is 1.21. The van der Waals surface area contributed by atoms with Crippen molar-refractivity contribution in [3.63, 3.8) is 0 Å². The molecule has 0 saturated heterocycles. The van der Waals surface area contributed by atoms with E-state index in [0.29, 0.717) is 0 Å². The summed E-state index contributed by atoms with van der Waals surface area (Å²) >= 11 is 0. The van der Waals surface area contributed by atoms with E-state index in [1.807, 2.05) is 0 Å². The second-order valence-corrected chi connectivity index (χ2v) is 4.82. The fourth-order valence-corrected chi connectivity index (χ4v) is 1.47. The van der Waals surface area contributed by atoms with Gasteiger partial charge in [0.05, 0.1) is 15.4 Å². The molecular formula is C7H11N3OS. The number of rotatable bonds is 2. The van der Waals surface area contributed by atoms with Gasteiger partial charge < -0.3 is 0 Å². The molecule has 66 valence electrons. The standard InChI is InChI=1S/C7H11N3OS/c1-3-12(8,11)7-5-4-6(2)9-10-7/h4-5,8H,3H2,1-2H3. The summed E-state index contributed by atoms with van der Waals surface area (Å²) in [6.07, 6.45) is 0. The van der Waals surface area contributed by atoms with Crippen LogP contribution in [0.25, 0.3) is 0 Å². The van der Waals surface area contributed by atoms with Crippen molar-refractivity contribution in [2.24, 2.45) is 0 Å². The number of nitrogens with zero attached hydrogens (tertiary/aromatic N) is 2. The van der Waals surface area contributed by atoms with Crippen LogP contribution in [0, 0.1) is 11.7 Å². The average Bonchev–Trinajstić information content (AvgIpc) is 2.05. The van der Waals surface area contributed by atoms with Gasteiger partial charge in [-0.25, -0.2) is 8.99 Å². The first kappa shape index (κ1) is 9.12. The lowest BCUT2D eigenvalue weighted by Crippen LogP contribution is -2.05. The van der Waals surface area contributed by atoms with Gasteiger partial charge in [0.2, 0.25) is 0 Å². The molecule has 0 fully saturated rings. The van der Waals surface area contributed by atoms with Gasteiger partial charge in [0.25, 0.3) is 0 Å². The van der Waals surface area contributed by atoms with Crippen LogP contribution in [-0.2, 0) is 9.73 Å². The van der Waals surface area contributed by atoms with Gasteiger partial charge in [-0.1, -0.05) is 6.92 Å². The number of nitrogens with one attached hydrogen (secondary N) is 1. The smallest absolute Gasteiger partial charge is 0.158 e. The highest BCUT2D eigenvalue weighted by Crippen LogP contribution is 2.06. The van der Waals surface area contributed by atoms with Crippen molar-refractivity contribution in [2.75, 3.05) is 5.75 Å².